The monoisotopic (exact) mass is 487 g/mol. The number of nitrogens with one attached hydrogen (secondary N) is 1. The fourth-order valence-corrected chi connectivity index (χ4v) is 3.25. The maximum Gasteiger partial charge on any atom is 0.262 e. The van der Waals surface area contributed by atoms with Gasteiger partial charge in [0.15, 0.2) is 6.61 Å². The molecular weight excluding hydrogens is 469 g/mol. The van der Waals surface area contributed by atoms with Crippen LogP contribution in [-0.4, -0.2) is 12.5 Å². The Labute approximate surface area is 159 Å². The molecule has 0 aliphatic rings. The van der Waals surface area contributed by atoms with E-state index < -0.39 is 0 Å². The van der Waals surface area contributed by atoms with Gasteiger partial charge >= 0.3 is 0 Å². The van der Waals surface area contributed by atoms with Crippen LogP contribution in [0.5, 0.6) is 5.75 Å². The number of carbonyl (C=O) groups is 1. The molecule has 0 radical (unpaired) electrons. The lowest BCUT2D eigenvalue weighted by Crippen LogP contribution is -2.20. The first-order valence-corrected chi connectivity index (χ1v) is 9.22. The molecule has 0 saturated heterocycles. The lowest BCUT2D eigenvalue weighted by Gasteiger charge is -2.12. The number of ether oxygens (including phenoxy) is 1. The Kier molecular flexibility index (Phi) is 6.47. The molecule has 0 spiro atoms. The molecule has 2 aromatic carbocycles. The van der Waals surface area contributed by atoms with E-state index in [0.717, 1.165) is 19.3 Å². The van der Waals surface area contributed by atoms with Crippen LogP contribution < -0.4 is 10.1 Å². The van der Waals surface area contributed by atoms with Gasteiger partial charge in [-0.1, -0.05) is 19.9 Å². The number of hydrogen-bond acceptors (Lipinski definition) is 2. The third-order valence-corrected chi connectivity index (χ3v) is 4.73. The van der Waals surface area contributed by atoms with Crippen LogP contribution in [-0.2, 0) is 4.79 Å². The SMILES string of the molecule is Cc1cc(I)ccc1NC(=O)COc1ccc(C(C)C)cc1Br. The summed E-state index contributed by atoms with van der Waals surface area (Å²) in [6.45, 7) is 6.23. The molecule has 1 amide bonds. The second-order valence-electron chi connectivity index (χ2n) is 5.64. The lowest BCUT2D eigenvalue weighted by atomic mass is 10.0. The highest BCUT2D eigenvalue weighted by molar-refractivity contribution is 14.1. The van der Waals surface area contributed by atoms with Gasteiger partial charge in [0.1, 0.15) is 5.75 Å². The number of anilines is 1. The van der Waals surface area contributed by atoms with Gasteiger partial charge in [0.2, 0.25) is 0 Å². The highest BCUT2D eigenvalue weighted by Crippen LogP contribution is 2.29. The van der Waals surface area contributed by atoms with E-state index in [-0.39, 0.29) is 12.5 Å². The van der Waals surface area contributed by atoms with Crippen molar-refractivity contribution in [1.29, 1.82) is 0 Å². The number of rotatable bonds is 5. The average Bonchev–Trinajstić information content (AvgIpc) is 2.48. The van der Waals surface area contributed by atoms with Crippen LogP contribution in [0.25, 0.3) is 0 Å². The van der Waals surface area contributed by atoms with Crippen molar-refractivity contribution >= 4 is 50.1 Å². The molecule has 0 atom stereocenters. The standard InChI is InChI=1S/C18H19BrINO2/c1-11(2)13-4-7-17(15(19)9-13)23-10-18(22)21-16-6-5-14(20)8-12(16)3/h4-9,11H,10H2,1-3H3,(H,21,22). The van der Waals surface area contributed by atoms with Crippen LogP contribution in [0, 0.1) is 10.5 Å². The Balaban J connectivity index is 1.96. The van der Waals surface area contributed by atoms with Crippen molar-refractivity contribution in [3.8, 4) is 5.75 Å². The van der Waals surface area contributed by atoms with Gasteiger partial charge in [0.25, 0.3) is 5.91 Å². The van der Waals surface area contributed by atoms with Gasteiger partial charge < -0.3 is 10.1 Å². The van der Waals surface area contributed by atoms with E-state index in [9.17, 15) is 4.79 Å². The summed E-state index contributed by atoms with van der Waals surface area (Å²) in [6, 6.07) is 11.8. The molecule has 1 N–H and O–H groups in total. The third-order valence-electron chi connectivity index (χ3n) is 3.44. The van der Waals surface area contributed by atoms with E-state index in [0.29, 0.717) is 11.7 Å². The highest BCUT2D eigenvalue weighted by atomic mass is 127. The Morgan fingerprint density at radius 3 is 2.61 bits per heavy atom. The molecule has 0 heterocycles. The molecule has 0 bridgehead atoms. The molecule has 23 heavy (non-hydrogen) atoms. The van der Waals surface area contributed by atoms with E-state index >= 15 is 0 Å². The van der Waals surface area contributed by atoms with E-state index in [2.05, 4.69) is 57.7 Å². The van der Waals surface area contributed by atoms with Crippen LogP contribution in [0.2, 0.25) is 0 Å². The number of carbonyl (C=O) groups excluding carboxylic acids is 1. The summed E-state index contributed by atoms with van der Waals surface area (Å²) in [5, 5.41) is 2.87. The molecule has 0 unspecified atom stereocenters. The van der Waals surface area contributed by atoms with Crippen LogP contribution in [0.4, 0.5) is 5.69 Å². The first kappa shape index (κ1) is 18.3. The Bertz CT molecular complexity index is 716. The summed E-state index contributed by atoms with van der Waals surface area (Å²) >= 11 is 5.74. The topological polar surface area (TPSA) is 38.3 Å². The van der Waals surface area contributed by atoms with Crippen molar-refractivity contribution in [2.75, 3.05) is 11.9 Å². The molecule has 0 aliphatic heterocycles. The quantitative estimate of drug-likeness (QED) is 0.565. The van der Waals surface area contributed by atoms with Gasteiger partial charge in [-0.2, -0.15) is 0 Å². The third kappa shape index (κ3) is 5.21. The summed E-state index contributed by atoms with van der Waals surface area (Å²) in [5.41, 5.74) is 3.07. The van der Waals surface area contributed by atoms with E-state index in [1.54, 1.807) is 0 Å². The van der Waals surface area contributed by atoms with Gasteiger partial charge in [-0.05, 0) is 92.8 Å². The van der Waals surface area contributed by atoms with Crippen LogP contribution >= 0.6 is 38.5 Å². The van der Waals surface area contributed by atoms with Crippen LogP contribution in [0.1, 0.15) is 30.9 Å². The molecule has 0 fully saturated rings. The average molecular weight is 488 g/mol. The number of halogens is 2. The second-order valence-corrected chi connectivity index (χ2v) is 7.74. The minimum atomic E-state index is -0.172. The molecular formula is C18H19BrINO2. The molecule has 0 saturated carbocycles. The summed E-state index contributed by atoms with van der Waals surface area (Å²) < 4.78 is 7.61. The molecule has 0 aromatic heterocycles. The minimum Gasteiger partial charge on any atom is -0.483 e. The molecule has 122 valence electrons. The van der Waals surface area contributed by atoms with Crippen molar-refractivity contribution in [3.63, 3.8) is 0 Å². The molecule has 0 aliphatic carbocycles. The summed E-state index contributed by atoms with van der Waals surface area (Å²) in [6.07, 6.45) is 0. The Morgan fingerprint density at radius 1 is 1.26 bits per heavy atom. The van der Waals surface area contributed by atoms with E-state index in [1.807, 2.05) is 43.3 Å². The zero-order valence-corrected chi connectivity index (χ0v) is 17.1. The van der Waals surface area contributed by atoms with Crippen molar-refractivity contribution in [2.24, 2.45) is 0 Å². The first-order valence-electron chi connectivity index (χ1n) is 7.35. The number of benzene rings is 2. The molecule has 2 aromatic rings. The van der Waals surface area contributed by atoms with Gasteiger partial charge in [-0.3, -0.25) is 4.79 Å². The zero-order valence-electron chi connectivity index (χ0n) is 13.3. The van der Waals surface area contributed by atoms with Crippen molar-refractivity contribution in [1.82, 2.24) is 0 Å². The maximum absolute atomic E-state index is 12.1. The summed E-state index contributed by atoms with van der Waals surface area (Å²) in [4.78, 5) is 12.1. The normalized spacial score (nSPS) is 10.7. The zero-order chi connectivity index (χ0) is 17.0. The van der Waals surface area contributed by atoms with E-state index in [1.165, 1.54) is 5.56 Å². The number of aryl methyl sites for hydroxylation is 1. The fraction of sp³-hybridized carbons (Fsp3) is 0.278. The minimum absolute atomic E-state index is 0.0228. The smallest absolute Gasteiger partial charge is 0.262 e. The van der Waals surface area contributed by atoms with Crippen LogP contribution in [0.15, 0.2) is 40.9 Å². The molecule has 5 heteroatoms. The van der Waals surface area contributed by atoms with Gasteiger partial charge in [0, 0.05) is 9.26 Å². The summed E-state index contributed by atoms with van der Waals surface area (Å²) in [7, 11) is 0. The largest absolute Gasteiger partial charge is 0.483 e. The molecule has 3 nitrogen and oxygen atoms in total. The number of hydrogen-bond donors (Lipinski definition) is 1. The fourth-order valence-electron chi connectivity index (χ4n) is 2.09. The highest BCUT2D eigenvalue weighted by Gasteiger charge is 2.09. The van der Waals surface area contributed by atoms with Crippen molar-refractivity contribution in [2.45, 2.75) is 26.7 Å². The molecule has 2 rings (SSSR count). The van der Waals surface area contributed by atoms with Gasteiger partial charge in [-0.25, -0.2) is 0 Å². The Hall–Kier alpha value is -1.08. The first-order chi connectivity index (χ1) is 10.9. The predicted octanol–water partition coefficient (Wildman–Crippen LogP) is 5.50. The van der Waals surface area contributed by atoms with Gasteiger partial charge in [0.05, 0.1) is 4.47 Å². The number of amides is 1. The van der Waals surface area contributed by atoms with Gasteiger partial charge in [-0.15, -0.1) is 0 Å². The maximum atomic E-state index is 12.1. The summed E-state index contributed by atoms with van der Waals surface area (Å²) in [5.74, 6) is 0.950. The van der Waals surface area contributed by atoms with Crippen molar-refractivity contribution in [3.05, 3.63) is 55.6 Å². The Morgan fingerprint density at radius 2 is 2.00 bits per heavy atom. The van der Waals surface area contributed by atoms with Crippen LogP contribution in [0.3, 0.4) is 0 Å². The van der Waals surface area contributed by atoms with E-state index in [4.69, 9.17) is 4.74 Å². The van der Waals surface area contributed by atoms with Crippen molar-refractivity contribution < 1.29 is 9.53 Å². The lowest BCUT2D eigenvalue weighted by molar-refractivity contribution is -0.118. The predicted molar refractivity (Wildman–Crippen MR) is 106 cm³/mol. The second kappa shape index (κ2) is 8.15.